The van der Waals surface area contributed by atoms with E-state index in [9.17, 15) is 13.2 Å². The monoisotopic (exact) mass is 446 g/mol. The Labute approximate surface area is 184 Å². The van der Waals surface area contributed by atoms with E-state index in [2.05, 4.69) is 12.2 Å². The van der Waals surface area contributed by atoms with Crippen molar-refractivity contribution in [1.82, 2.24) is 9.62 Å². The molecule has 1 saturated heterocycles. The van der Waals surface area contributed by atoms with Crippen LogP contribution in [0, 0.1) is 12.8 Å². The average Bonchev–Trinajstić information content (AvgIpc) is 2.77. The molecular formula is C23H30N2O5S. The smallest absolute Gasteiger partial charge is 0.251 e. The number of amides is 1. The minimum absolute atomic E-state index is 0.156. The second-order valence-corrected chi connectivity index (χ2v) is 9.76. The zero-order valence-corrected chi connectivity index (χ0v) is 19.1. The number of para-hydroxylation sites is 2. The summed E-state index contributed by atoms with van der Waals surface area (Å²) in [5.74, 6) is 1.42. The van der Waals surface area contributed by atoms with Crippen LogP contribution in [0.4, 0.5) is 0 Å². The molecule has 8 heteroatoms. The second kappa shape index (κ2) is 10.2. The van der Waals surface area contributed by atoms with Crippen molar-refractivity contribution in [1.29, 1.82) is 0 Å². The van der Waals surface area contributed by atoms with Gasteiger partial charge in [-0.3, -0.25) is 4.79 Å². The number of hydrogen-bond donors (Lipinski definition) is 1. The molecule has 1 heterocycles. The molecule has 1 aliphatic rings. The van der Waals surface area contributed by atoms with Gasteiger partial charge in [-0.05, 0) is 55.5 Å². The van der Waals surface area contributed by atoms with Crippen LogP contribution in [0.25, 0.3) is 0 Å². The van der Waals surface area contributed by atoms with Crippen molar-refractivity contribution in [3.8, 4) is 11.5 Å². The zero-order valence-electron chi connectivity index (χ0n) is 18.3. The maximum Gasteiger partial charge on any atom is 0.251 e. The van der Waals surface area contributed by atoms with Gasteiger partial charge in [-0.2, -0.15) is 4.31 Å². The molecule has 2 aromatic rings. The van der Waals surface area contributed by atoms with Crippen LogP contribution in [0.1, 0.15) is 35.7 Å². The van der Waals surface area contributed by atoms with E-state index < -0.39 is 10.0 Å². The van der Waals surface area contributed by atoms with Crippen molar-refractivity contribution in [3.05, 3.63) is 53.6 Å². The summed E-state index contributed by atoms with van der Waals surface area (Å²) < 4.78 is 38.5. The third kappa shape index (κ3) is 5.57. The Kier molecular flexibility index (Phi) is 7.56. The molecular weight excluding hydrogens is 416 g/mol. The first-order valence-corrected chi connectivity index (χ1v) is 11.9. The lowest BCUT2D eigenvalue weighted by Gasteiger charge is -2.29. The number of rotatable bonds is 8. The molecule has 0 spiro atoms. The quantitative estimate of drug-likeness (QED) is 0.630. The number of nitrogens with one attached hydrogen (secondary N) is 1. The number of methoxy groups -OCH3 is 1. The van der Waals surface area contributed by atoms with Crippen LogP contribution in [0.15, 0.2) is 47.4 Å². The average molecular weight is 447 g/mol. The molecule has 1 aliphatic heterocycles. The Hall–Kier alpha value is -2.58. The molecule has 0 saturated carbocycles. The maximum absolute atomic E-state index is 13.0. The Morgan fingerprint density at radius 3 is 2.48 bits per heavy atom. The summed E-state index contributed by atoms with van der Waals surface area (Å²) in [6, 6.07) is 12.0. The molecule has 168 valence electrons. The first-order valence-electron chi connectivity index (χ1n) is 10.5. The fourth-order valence-electron chi connectivity index (χ4n) is 3.54. The van der Waals surface area contributed by atoms with Crippen molar-refractivity contribution in [2.75, 3.05) is 33.4 Å². The lowest BCUT2D eigenvalue weighted by molar-refractivity contribution is 0.0946. The molecule has 1 N–H and O–H groups in total. The number of benzene rings is 2. The van der Waals surface area contributed by atoms with Gasteiger partial charge in [0, 0.05) is 18.7 Å². The summed E-state index contributed by atoms with van der Waals surface area (Å²) >= 11 is 0. The number of carbonyl (C=O) groups excluding carboxylic acids is 1. The number of carbonyl (C=O) groups is 1. The van der Waals surface area contributed by atoms with E-state index in [-0.39, 0.29) is 24.0 Å². The number of nitrogens with zero attached hydrogens (tertiary/aromatic N) is 1. The van der Waals surface area contributed by atoms with Crippen LogP contribution < -0.4 is 14.8 Å². The Morgan fingerprint density at radius 2 is 1.81 bits per heavy atom. The van der Waals surface area contributed by atoms with Crippen molar-refractivity contribution in [3.63, 3.8) is 0 Å². The van der Waals surface area contributed by atoms with Gasteiger partial charge in [0.05, 0.1) is 18.6 Å². The summed E-state index contributed by atoms with van der Waals surface area (Å²) in [5, 5.41) is 2.80. The molecule has 7 nitrogen and oxygen atoms in total. The molecule has 0 aromatic heterocycles. The highest BCUT2D eigenvalue weighted by atomic mass is 32.2. The molecule has 1 fully saturated rings. The molecule has 0 bridgehead atoms. The van der Waals surface area contributed by atoms with Crippen LogP contribution in [0.3, 0.4) is 0 Å². The highest BCUT2D eigenvalue weighted by Gasteiger charge is 2.28. The van der Waals surface area contributed by atoms with Gasteiger partial charge in [-0.15, -0.1) is 0 Å². The minimum atomic E-state index is -3.61. The van der Waals surface area contributed by atoms with Crippen molar-refractivity contribution < 1.29 is 22.7 Å². The van der Waals surface area contributed by atoms with E-state index in [4.69, 9.17) is 9.47 Å². The van der Waals surface area contributed by atoms with E-state index in [1.807, 2.05) is 12.1 Å². The topological polar surface area (TPSA) is 84.9 Å². The fourth-order valence-corrected chi connectivity index (χ4v) is 5.04. The van der Waals surface area contributed by atoms with E-state index in [0.29, 0.717) is 36.1 Å². The lowest BCUT2D eigenvalue weighted by Crippen LogP contribution is -2.38. The number of sulfonamides is 1. The number of aryl methyl sites for hydroxylation is 1. The Bertz CT molecular complexity index is 1010. The van der Waals surface area contributed by atoms with Gasteiger partial charge in [0.2, 0.25) is 10.0 Å². The van der Waals surface area contributed by atoms with Gasteiger partial charge in [0.25, 0.3) is 5.91 Å². The van der Waals surface area contributed by atoms with Crippen LogP contribution in [0.5, 0.6) is 11.5 Å². The molecule has 0 radical (unpaired) electrons. The summed E-state index contributed by atoms with van der Waals surface area (Å²) in [6.45, 7) is 5.49. The molecule has 0 unspecified atom stereocenters. The predicted octanol–water partition coefficient (Wildman–Crippen LogP) is 3.23. The third-order valence-electron chi connectivity index (χ3n) is 5.55. The molecule has 0 atom stereocenters. The zero-order chi connectivity index (χ0) is 22.4. The Morgan fingerprint density at radius 1 is 1.13 bits per heavy atom. The number of ether oxygens (including phenoxy) is 2. The number of piperidine rings is 1. The van der Waals surface area contributed by atoms with Crippen molar-refractivity contribution in [2.24, 2.45) is 5.92 Å². The van der Waals surface area contributed by atoms with Gasteiger partial charge in [0.15, 0.2) is 11.5 Å². The molecule has 31 heavy (non-hydrogen) atoms. The SMILES string of the molecule is COc1ccccc1OCCNC(=O)c1cc(S(=O)(=O)N2CCC(C)CC2)ccc1C. The summed E-state index contributed by atoms with van der Waals surface area (Å²) in [6.07, 6.45) is 1.70. The van der Waals surface area contributed by atoms with Crippen LogP contribution in [0.2, 0.25) is 0 Å². The molecule has 1 amide bonds. The summed E-state index contributed by atoms with van der Waals surface area (Å²) in [5.41, 5.74) is 1.07. The van der Waals surface area contributed by atoms with E-state index >= 15 is 0 Å². The van der Waals surface area contributed by atoms with Crippen LogP contribution >= 0.6 is 0 Å². The standard InChI is InChI=1S/C23H30N2O5S/c1-17-10-13-25(14-11-17)31(27,28)19-9-8-18(2)20(16-19)23(26)24-12-15-30-22-7-5-4-6-21(22)29-3/h4-9,16-17H,10-15H2,1-3H3,(H,24,26). The Balaban J connectivity index is 1.63. The first-order chi connectivity index (χ1) is 14.8. The number of hydrogen-bond acceptors (Lipinski definition) is 5. The minimum Gasteiger partial charge on any atom is -0.493 e. The van der Waals surface area contributed by atoms with Crippen molar-refractivity contribution in [2.45, 2.75) is 31.6 Å². The first kappa shape index (κ1) is 23.1. The highest BCUT2D eigenvalue weighted by Crippen LogP contribution is 2.26. The highest BCUT2D eigenvalue weighted by molar-refractivity contribution is 7.89. The van der Waals surface area contributed by atoms with E-state index in [1.165, 1.54) is 10.4 Å². The normalized spacial score (nSPS) is 15.5. The van der Waals surface area contributed by atoms with E-state index in [1.54, 1.807) is 38.3 Å². The van der Waals surface area contributed by atoms with Gasteiger partial charge >= 0.3 is 0 Å². The van der Waals surface area contributed by atoms with Crippen molar-refractivity contribution >= 4 is 15.9 Å². The van der Waals surface area contributed by atoms with Gasteiger partial charge in [-0.1, -0.05) is 25.1 Å². The fraction of sp³-hybridized carbons (Fsp3) is 0.435. The predicted molar refractivity (Wildman–Crippen MR) is 119 cm³/mol. The second-order valence-electron chi connectivity index (χ2n) is 7.82. The maximum atomic E-state index is 13.0. The largest absolute Gasteiger partial charge is 0.493 e. The van der Waals surface area contributed by atoms with Gasteiger partial charge in [-0.25, -0.2) is 8.42 Å². The molecule has 2 aromatic carbocycles. The summed E-state index contributed by atoms with van der Waals surface area (Å²) in [4.78, 5) is 12.9. The van der Waals surface area contributed by atoms with Gasteiger partial charge in [0.1, 0.15) is 6.61 Å². The lowest BCUT2D eigenvalue weighted by atomic mass is 10.0. The van der Waals surface area contributed by atoms with Crippen LogP contribution in [-0.4, -0.2) is 52.0 Å². The molecule has 3 rings (SSSR count). The van der Waals surface area contributed by atoms with E-state index in [0.717, 1.165) is 18.4 Å². The third-order valence-corrected chi connectivity index (χ3v) is 7.44. The van der Waals surface area contributed by atoms with Crippen LogP contribution in [-0.2, 0) is 10.0 Å². The molecule has 0 aliphatic carbocycles. The van der Waals surface area contributed by atoms with Gasteiger partial charge < -0.3 is 14.8 Å². The summed E-state index contributed by atoms with van der Waals surface area (Å²) in [7, 11) is -2.04.